The van der Waals surface area contributed by atoms with Crippen LogP contribution in [0.4, 0.5) is 15.8 Å². The number of nitrogens with zero attached hydrogens (tertiary/aromatic N) is 6. The van der Waals surface area contributed by atoms with Crippen LogP contribution < -0.4 is 10.2 Å². The molecule has 0 bridgehead atoms. The van der Waals surface area contributed by atoms with Crippen LogP contribution in [0.25, 0.3) is 5.69 Å². The summed E-state index contributed by atoms with van der Waals surface area (Å²) in [4.78, 5) is 41.9. The van der Waals surface area contributed by atoms with Gasteiger partial charge in [-0.3, -0.25) is 19.3 Å². The molecule has 1 saturated heterocycles. The van der Waals surface area contributed by atoms with E-state index in [4.69, 9.17) is 0 Å². The van der Waals surface area contributed by atoms with Crippen LogP contribution in [0, 0.1) is 12.7 Å². The van der Waals surface area contributed by atoms with Gasteiger partial charge in [0.1, 0.15) is 17.2 Å². The monoisotopic (exact) mass is 463 g/mol. The second-order valence-electron chi connectivity index (χ2n) is 8.52. The molecule has 1 unspecified atom stereocenters. The van der Waals surface area contributed by atoms with Crippen LogP contribution >= 0.6 is 0 Å². The van der Waals surface area contributed by atoms with Crippen molar-refractivity contribution in [3.8, 4) is 5.69 Å². The van der Waals surface area contributed by atoms with Crippen molar-refractivity contribution in [1.82, 2.24) is 25.1 Å². The van der Waals surface area contributed by atoms with Gasteiger partial charge in [0.15, 0.2) is 5.82 Å². The molecule has 2 aromatic carbocycles. The molecule has 0 aliphatic carbocycles. The number of aryl methyl sites for hydroxylation is 1. The molecule has 0 radical (unpaired) electrons. The number of anilines is 2. The first-order chi connectivity index (χ1) is 16.3. The highest BCUT2D eigenvalue weighted by molar-refractivity contribution is 6.10. The summed E-state index contributed by atoms with van der Waals surface area (Å²) in [5.41, 5.74) is 0.695. The van der Waals surface area contributed by atoms with E-state index in [1.54, 1.807) is 41.0 Å². The summed E-state index contributed by atoms with van der Waals surface area (Å²) < 4.78 is 15.5. The lowest BCUT2D eigenvalue weighted by molar-refractivity contribution is -0.117. The maximum Gasteiger partial charge on any atom is 0.257 e. The fourth-order valence-electron chi connectivity index (χ4n) is 4.69. The van der Waals surface area contributed by atoms with Crippen LogP contribution in [-0.4, -0.2) is 55.0 Å². The van der Waals surface area contributed by atoms with Crippen LogP contribution in [0.2, 0.25) is 0 Å². The second kappa shape index (κ2) is 8.01. The van der Waals surface area contributed by atoms with Gasteiger partial charge < -0.3 is 10.2 Å². The van der Waals surface area contributed by atoms with Crippen molar-refractivity contribution in [1.29, 1.82) is 0 Å². The topological polar surface area (TPSA) is 113 Å². The number of halogens is 1. The smallest absolute Gasteiger partial charge is 0.257 e. The van der Waals surface area contributed by atoms with E-state index in [9.17, 15) is 18.8 Å². The molecule has 2 aliphatic heterocycles. The van der Waals surface area contributed by atoms with Gasteiger partial charge in [-0.25, -0.2) is 4.39 Å². The third-order valence-electron chi connectivity index (χ3n) is 6.39. The average Bonchev–Trinajstić information content (AvgIpc) is 3.37. The van der Waals surface area contributed by atoms with E-state index < -0.39 is 11.5 Å². The molecule has 2 aliphatic rings. The minimum Gasteiger partial charge on any atom is -0.326 e. The number of benzene rings is 2. The lowest BCUT2D eigenvalue weighted by atomic mass is 9.98. The maximum absolute atomic E-state index is 14.3. The van der Waals surface area contributed by atoms with E-state index in [1.165, 1.54) is 22.9 Å². The number of nitrogens with one attached hydrogen (secondary N) is 1. The van der Waals surface area contributed by atoms with Gasteiger partial charge in [-0.1, -0.05) is 12.1 Å². The van der Waals surface area contributed by atoms with Gasteiger partial charge in [0.05, 0.1) is 11.3 Å². The Morgan fingerprint density at radius 1 is 1.18 bits per heavy atom. The molecule has 1 fully saturated rings. The number of aromatic nitrogens is 4. The fourth-order valence-corrected chi connectivity index (χ4v) is 4.69. The Bertz CT molecular complexity index is 1320. The van der Waals surface area contributed by atoms with Gasteiger partial charge in [0.2, 0.25) is 11.8 Å². The molecule has 11 heteroatoms. The van der Waals surface area contributed by atoms with Gasteiger partial charge in [-0.05, 0) is 61.0 Å². The lowest BCUT2D eigenvalue weighted by Gasteiger charge is -2.48. The van der Waals surface area contributed by atoms with Crippen LogP contribution in [0.1, 0.15) is 42.4 Å². The minimum atomic E-state index is -0.830. The normalized spacial score (nSPS) is 19.3. The number of rotatable bonds is 5. The first-order valence-electron chi connectivity index (χ1n) is 10.9. The molecule has 34 heavy (non-hydrogen) atoms. The van der Waals surface area contributed by atoms with Crippen LogP contribution in [0.3, 0.4) is 0 Å². The summed E-state index contributed by atoms with van der Waals surface area (Å²) in [6.45, 7) is 3.61. The SMILES string of the molecule is Cc1nnnn1-c1cc(NC(=O)CCN2C(=O)c3ccccc3N3C(=O)CCC23C)ccc1F. The van der Waals surface area contributed by atoms with Crippen LogP contribution in [0.15, 0.2) is 42.5 Å². The molecule has 174 valence electrons. The first kappa shape index (κ1) is 21.7. The van der Waals surface area contributed by atoms with Gasteiger partial charge in [0.25, 0.3) is 5.91 Å². The average molecular weight is 463 g/mol. The zero-order valence-electron chi connectivity index (χ0n) is 18.7. The highest BCUT2D eigenvalue weighted by Crippen LogP contribution is 2.43. The third-order valence-corrected chi connectivity index (χ3v) is 6.39. The Hall–Kier alpha value is -4.15. The predicted octanol–water partition coefficient (Wildman–Crippen LogP) is 2.44. The van der Waals surface area contributed by atoms with Gasteiger partial charge in [0, 0.05) is 25.1 Å². The molecular formula is C23H22FN7O3. The molecule has 1 atom stereocenters. The predicted molar refractivity (Wildman–Crippen MR) is 120 cm³/mol. The largest absolute Gasteiger partial charge is 0.326 e. The molecule has 5 rings (SSSR count). The van der Waals surface area contributed by atoms with E-state index in [2.05, 4.69) is 20.8 Å². The quantitative estimate of drug-likeness (QED) is 0.622. The summed E-state index contributed by atoms with van der Waals surface area (Å²) in [5.74, 6) is -0.749. The highest BCUT2D eigenvalue weighted by Gasteiger charge is 2.52. The van der Waals surface area contributed by atoms with E-state index >= 15 is 0 Å². The van der Waals surface area contributed by atoms with Crippen LogP contribution in [0.5, 0.6) is 0 Å². The van der Waals surface area contributed by atoms with E-state index in [1.807, 2.05) is 6.92 Å². The van der Waals surface area contributed by atoms with Crippen molar-refractivity contribution in [3.05, 3.63) is 59.7 Å². The molecule has 10 nitrogen and oxygen atoms in total. The highest BCUT2D eigenvalue weighted by atomic mass is 19.1. The number of tetrazole rings is 1. The standard InChI is InChI=1S/C23H22FN7O3/c1-14-26-27-28-31(14)19-13-15(7-8-17(19)24)25-20(32)10-12-29-22(34)16-5-3-4-6-18(16)30-21(33)9-11-23(29,30)2/h3-8,13H,9-12H2,1-2H3,(H,25,32). The van der Waals surface area contributed by atoms with Crippen molar-refractivity contribution in [2.45, 2.75) is 38.8 Å². The Kier molecular flexibility index (Phi) is 5.11. The zero-order valence-corrected chi connectivity index (χ0v) is 18.7. The second-order valence-corrected chi connectivity index (χ2v) is 8.52. The van der Waals surface area contributed by atoms with Crippen LogP contribution in [-0.2, 0) is 9.59 Å². The zero-order chi connectivity index (χ0) is 24.0. The summed E-state index contributed by atoms with van der Waals surface area (Å²) in [7, 11) is 0. The van der Waals surface area contributed by atoms with E-state index in [-0.39, 0.29) is 36.4 Å². The molecule has 1 aromatic heterocycles. The summed E-state index contributed by atoms with van der Waals surface area (Å²) in [5, 5.41) is 13.8. The molecule has 1 N–H and O–H groups in total. The molecular weight excluding hydrogens is 441 g/mol. The van der Waals surface area contributed by atoms with Gasteiger partial charge in [-0.2, -0.15) is 4.68 Å². The van der Waals surface area contributed by atoms with E-state index in [0.29, 0.717) is 35.6 Å². The van der Waals surface area contributed by atoms with Gasteiger partial charge in [-0.15, -0.1) is 5.10 Å². The summed E-state index contributed by atoms with van der Waals surface area (Å²) >= 11 is 0. The van der Waals surface area contributed by atoms with Gasteiger partial charge >= 0.3 is 0 Å². The number of hydrogen-bond acceptors (Lipinski definition) is 6. The first-order valence-corrected chi connectivity index (χ1v) is 10.9. The Morgan fingerprint density at radius 3 is 2.74 bits per heavy atom. The Balaban J connectivity index is 1.34. The third kappa shape index (κ3) is 3.40. The molecule has 0 spiro atoms. The minimum absolute atomic E-state index is 0.00213. The molecule has 3 amide bonds. The van der Waals surface area contributed by atoms with Crippen molar-refractivity contribution >= 4 is 29.1 Å². The number of hydrogen-bond donors (Lipinski definition) is 1. The number of carbonyl (C=O) groups is 3. The lowest BCUT2D eigenvalue weighted by Crippen LogP contribution is -2.62. The van der Waals surface area contributed by atoms with Crippen molar-refractivity contribution in [3.63, 3.8) is 0 Å². The number of fused-ring (bicyclic) bond motifs is 3. The molecule has 3 heterocycles. The van der Waals surface area contributed by atoms with Crippen molar-refractivity contribution in [2.24, 2.45) is 0 Å². The number of carbonyl (C=O) groups excluding carboxylic acids is 3. The Labute approximate surface area is 194 Å². The summed E-state index contributed by atoms with van der Waals surface area (Å²) in [6, 6.07) is 11.1. The molecule has 0 saturated carbocycles. The maximum atomic E-state index is 14.3. The number of amides is 3. The number of para-hydroxylation sites is 1. The summed E-state index contributed by atoms with van der Waals surface area (Å²) in [6.07, 6.45) is 0.817. The van der Waals surface area contributed by atoms with Crippen molar-refractivity contribution < 1.29 is 18.8 Å². The Morgan fingerprint density at radius 2 is 1.97 bits per heavy atom. The van der Waals surface area contributed by atoms with Crippen molar-refractivity contribution in [2.75, 3.05) is 16.8 Å². The molecule has 3 aromatic rings. The van der Waals surface area contributed by atoms with E-state index in [0.717, 1.165) is 0 Å². The fraction of sp³-hybridized carbons (Fsp3) is 0.304.